The summed E-state index contributed by atoms with van der Waals surface area (Å²) in [5.74, 6) is -0.425. The third-order valence-electron chi connectivity index (χ3n) is 5.39. The van der Waals surface area contributed by atoms with E-state index >= 15 is 0 Å². The predicted molar refractivity (Wildman–Crippen MR) is 92.5 cm³/mol. The van der Waals surface area contributed by atoms with E-state index in [0.717, 1.165) is 48.8 Å². The second-order valence-electron chi connectivity index (χ2n) is 7.03. The van der Waals surface area contributed by atoms with Crippen LogP contribution in [0.4, 0.5) is 4.39 Å². The topological polar surface area (TPSA) is 52.9 Å². The Balaban J connectivity index is 1.52. The van der Waals surface area contributed by atoms with Crippen LogP contribution < -0.4 is 5.32 Å². The van der Waals surface area contributed by atoms with E-state index < -0.39 is 0 Å². The second-order valence-corrected chi connectivity index (χ2v) is 7.03. The van der Waals surface area contributed by atoms with Gasteiger partial charge in [0, 0.05) is 5.56 Å². The van der Waals surface area contributed by atoms with Gasteiger partial charge in [-0.1, -0.05) is 18.2 Å². The van der Waals surface area contributed by atoms with Crippen LogP contribution >= 0.6 is 0 Å². The number of carbonyl (C=O) groups excluding carboxylic acids is 1. The number of nitrogens with one attached hydrogen (secondary N) is 1. The fraction of sp³-hybridized carbons (Fsp3) is 0.333. The van der Waals surface area contributed by atoms with Crippen LogP contribution in [-0.2, 0) is 11.8 Å². The van der Waals surface area contributed by atoms with Gasteiger partial charge in [-0.25, -0.2) is 4.39 Å². The van der Waals surface area contributed by atoms with Crippen molar-refractivity contribution in [2.45, 2.75) is 43.6 Å². The first kappa shape index (κ1) is 15.8. The molecule has 0 aromatic heterocycles. The maximum atomic E-state index is 13.6. The van der Waals surface area contributed by atoms with Crippen molar-refractivity contribution in [2.75, 3.05) is 0 Å². The number of carbonyl (C=O) groups is 1. The molecule has 0 heterocycles. The van der Waals surface area contributed by atoms with Gasteiger partial charge in [0.15, 0.2) is 0 Å². The second kappa shape index (κ2) is 6.00. The first-order valence-corrected chi connectivity index (χ1v) is 8.72. The van der Waals surface area contributed by atoms with Gasteiger partial charge in [0.05, 0.1) is 17.5 Å². The monoisotopic (exact) mass is 334 g/mol. The number of amides is 1. The number of nitrogens with zero attached hydrogens (tertiary/aromatic N) is 1. The van der Waals surface area contributed by atoms with Crippen LogP contribution in [0.1, 0.15) is 58.8 Å². The summed E-state index contributed by atoms with van der Waals surface area (Å²) < 4.78 is 13.6. The number of benzene rings is 2. The molecule has 3 nitrogen and oxygen atoms in total. The molecule has 0 bridgehead atoms. The molecule has 0 unspecified atom stereocenters. The van der Waals surface area contributed by atoms with Crippen molar-refractivity contribution in [1.82, 2.24) is 5.32 Å². The molecule has 0 aliphatic heterocycles. The zero-order valence-electron chi connectivity index (χ0n) is 13.9. The number of aryl methyl sites for hydroxylation is 1. The van der Waals surface area contributed by atoms with Crippen LogP contribution in [0, 0.1) is 17.1 Å². The summed E-state index contributed by atoms with van der Waals surface area (Å²) in [4.78, 5) is 12.6. The summed E-state index contributed by atoms with van der Waals surface area (Å²) in [5, 5.41) is 12.3. The maximum absolute atomic E-state index is 13.6. The summed E-state index contributed by atoms with van der Waals surface area (Å²) in [6.07, 6.45) is 4.50. The van der Waals surface area contributed by atoms with Crippen molar-refractivity contribution in [3.8, 4) is 6.07 Å². The molecule has 1 saturated carbocycles. The highest BCUT2D eigenvalue weighted by Gasteiger charge is 2.44. The molecule has 4 heteroatoms. The Morgan fingerprint density at radius 1 is 1.20 bits per heavy atom. The molecule has 0 radical (unpaired) electrons. The Kier molecular flexibility index (Phi) is 3.80. The molecule has 1 fully saturated rings. The van der Waals surface area contributed by atoms with E-state index in [0.29, 0.717) is 5.56 Å². The highest BCUT2D eigenvalue weighted by atomic mass is 19.1. The smallest absolute Gasteiger partial charge is 0.251 e. The minimum atomic E-state index is -0.338. The van der Waals surface area contributed by atoms with Crippen LogP contribution in [0.25, 0.3) is 0 Å². The highest BCUT2D eigenvalue weighted by molar-refractivity contribution is 5.94. The van der Waals surface area contributed by atoms with E-state index in [9.17, 15) is 14.4 Å². The molecule has 1 atom stereocenters. The van der Waals surface area contributed by atoms with Crippen molar-refractivity contribution >= 4 is 5.91 Å². The lowest BCUT2D eigenvalue weighted by molar-refractivity contribution is 0.0932. The Bertz CT molecular complexity index is 862. The number of fused-ring (bicyclic) bond motifs is 1. The van der Waals surface area contributed by atoms with Gasteiger partial charge in [-0.05, 0) is 73.1 Å². The van der Waals surface area contributed by atoms with Crippen LogP contribution in [0.2, 0.25) is 0 Å². The quantitative estimate of drug-likeness (QED) is 0.915. The van der Waals surface area contributed by atoms with Crippen LogP contribution in [0.5, 0.6) is 0 Å². The molecular weight excluding hydrogens is 315 g/mol. The van der Waals surface area contributed by atoms with Crippen LogP contribution in [-0.4, -0.2) is 5.91 Å². The summed E-state index contributed by atoms with van der Waals surface area (Å²) in [7, 11) is 0. The summed E-state index contributed by atoms with van der Waals surface area (Å²) in [6.45, 7) is 0. The summed E-state index contributed by atoms with van der Waals surface area (Å²) in [6, 6.07) is 14.3. The third-order valence-corrected chi connectivity index (χ3v) is 5.39. The van der Waals surface area contributed by atoms with Gasteiger partial charge in [0.2, 0.25) is 0 Å². The van der Waals surface area contributed by atoms with Crippen LogP contribution in [0.3, 0.4) is 0 Å². The third kappa shape index (κ3) is 2.91. The molecule has 126 valence electrons. The molecule has 2 aliphatic carbocycles. The number of nitriles is 1. The SMILES string of the molecule is N#CC1(c2ccc(C(=O)N[C@@H]3CCCc4ccc(F)cc43)cc2)CC1. The highest BCUT2D eigenvalue weighted by Crippen LogP contribution is 2.47. The lowest BCUT2D eigenvalue weighted by Crippen LogP contribution is -2.31. The molecule has 1 N–H and O–H groups in total. The van der Waals surface area contributed by atoms with Gasteiger partial charge in [-0.15, -0.1) is 0 Å². The van der Waals surface area contributed by atoms with Crippen LogP contribution in [0.15, 0.2) is 42.5 Å². The maximum Gasteiger partial charge on any atom is 0.251 e. The number of hydrogen-bond donors (Lipinski definition) is 1. The minimum Gasteiger partial charge on any atom is -0.345 e. The van der Waals surface area contributed by atoms with Gasteiger partial charge < -0.3 is 5.32 Å². The van der Waals surface area contributed by atoms with Crippen molar-refractivity contribution in [2.24, 2.45) is 0 Å². The Hall–Kier alpha value is -2.67. The molecule has 0 saturated heterocycles. The summed E-state index contributed by atoms with van der Waals surface area (Å²) in [5.41, 5.74) is 3.21. The zero-order chi connectivity index (χ0) is 17.4. The van der Waals surface area contributed by atoms with Gasteiger partial charge in [-0.2, -0.15) is 5.26 Å². The van der Waals surface area contributed by atoms with Crippen molar-refractivity contribution in [3.05, 3.63) is 70.5 Å². The molecule has 0 spiro atoms. The van der Waals surface area contributed by atoms with Gasteiger partial charge in [0.25, 0.3) is 5.91 Å². The number of hydrogen-bond acceptors (Lipinski definition) is 2. The standard InChI is InChI=1S/C21H19FN2O/c22-17-9-6-14-2-1-3-19(18(14)12-17)24-20(25)15-4-7-16(8-5-15)21(13-23)10-11-21/h4-9,12,19H,1-3,10-11H2,(H,24,25)/t19-/m1/s1. The van der Waals surface area contributed by atoms with Gasteiger partial charge >= 0.3 is 0 Å². The summed E-state index contributed by atoms with van der Waals surface area (Å²) >= 11 is 0. The van der Waals surface area contributed by atoms with E-state index in [1.807, 2.05) is 18.2 Å². The van der Waals surface area contributed by atoms with E-state index in [-0.39, 0.29) is 23.2 Å². The van der Waals surface area contributed by atoms with E-state index in [4.69, 9.17) is 0 Å². The van der Waals surface area contributed by atoms with Gasteiger partial charge in [-0.3, -0.25) is 4.79 Å². The number of rotatable bonds is 3. The largest absolute Gasteiger partial charge is 0.345 e. The Labute approximate surface area is 146 Å². The van der Waals surface area contributed by atoms with E-state index in [1.165, 1.54) is 12.1 Å². The predicted octanol–water partition coefficient (Wildman–Crippen LogP) is 4.19. The first-order chi connectivity index (χ1) is 12.1. The lowest BCUT2D eigenvalue weighted by atomic mass is 9.87. The van der Waals surface area contributed by atoms with E-state index in [2.05, 4.69) is 11.4 Å². The molecule has 4 rings (SSSR count). The minimum absolute atomic E-state index is 0.152. The average Bonchev–Trinajstić information content (AvgIpc) is 3.44. The zero-order valence-corrected chi connectivity index (χ0v) is 13.9. The molecule has 2 aromatic rings. The fourth-order valence-corrected chi connectivity index (χ4v) is 3.69. The molecule has 2 aliphatic rings. The molecular formula is C21H19FN2O. The lowest BCUT2D eigenvalue weighted by Gasteiger charge is -2.26. The van der Waals surface area contributed by atoms with Crippen molar-refractivity contribution in [3.63, 3.8) is 0 Å². The molecule has 25 heavy (non-hydrogen) atoms. The normalized spacial score (nSPS) is 20.2. The Morgan fingerprint density at radius 2 is 1.96 bits per heavy atom. The molecule has 1 amide bonds. The molecule has 2 aromatic carbocycles. The number of halogens is 1. The Morgan fingerprint density at radius 3 is 2.64 bits per heavy atom. The first-order valence-electron chi connectivity index (χ1n) is 8.72. The fourth-order valence-electron chi connectivity index (χ4n) is 3.69. The van der Waals surface area contributed by atoms with Crippen molar-refractivity contribution in [1.29, 1.82) is 5.26 Å². The van der Waals surface area contributed by atoms with Crippen molar-refractivity contribution < 1.29 is 9.18 Å². The average molecular weight is 334 g/mol. The van der Waals surface area contributed by atoms with Gasteiger partial charge in [0.1, 0.15) is 5.82 Å². The van der Waals surface area contributed by atoms with E-state index in [1.54, 1.807) is 12.1 Å².